The number of aromatic nitrogens is 3. The van der Waals surface area contributed by atoms with E-state index in [-0.39, 0.29) is 0 Å². The molecule has 3 aromatic rings. The SMILES string of the molecule is N#Cc1ccc(C(CCc2nc(CCCc3ccc4c(n3)NCCC4)no2)C(=O)O)cc1. The molecule has 1 aromatic carbocycles. The summed E-state index contributed by atoms with van der Waals surface area (Å²) in [6.45, 7) is 0.975. The molecule has 1 aliphatic rings. The Labute approximate surface area is 186 Å². The minimum Gasteiger partial charge on any atom is -0.481 e. The minimum atomic E-state index is -0.915. The number of carbonyl (C=O) groups is 1. The van der Waals surface area contributed by atoms with Crippen molar-refractivity contribution in [3.05, 3.63) is 70.5 Å². The van der Waals surface area contributed by atoms with Crippen molar-refractivity contribution in [3.8, 4) is 6.07 Å². The number of carboxylic acid groups (broad SMARTS) is 1. The molecule has 4 rings (SSSR count). The summed E-state index contributed by atoms with van der Waals surface area (Å²) in [4.78, 5) is 20.8. The van der Waals surface area contributed by atoms with Crippen LogP contribution in [0.1, 0.15) is 59.3 Å². The zero-order chi connectivity index (χ0) is 22.3. The van der Waals surface area contributed by atoms with Crippen molar-refractivity contribution in [1.29, 1.82) is 5.26 Å². The Morgan fingerprint density at radius 3 is 2.78 bits per heavy atom. The van der Waals surface area contributed by atoms with Crippen molar-refractivity contribution in [1.82, 2.24) is 15.1 Å². The van der Waals surface area contributed by atoms with Crippen LogP contribution >= 0.6 is 0 Å². The van der Waals surface area contributed by atoms with Crippen molar-refractivity contribution in [3.63, 3.8) is 0 Å². The minimum absolute atomic E-state index is 0.342. The van der Waals surface area contributed by atoms with Gasteiger partial charge in [0.25, 0.3) is 0 Å². The first-order valence-corrected chi connectivity index (χ1v) is 10.9. The van der Waals surface area contributed by atoms with Crippen molar-refractivity contribution >= 4 is 11.8 Å². The second-order valence-electron chi connectivity index (χ2n) is 7.96. The number of aryl methyl sites for hydroxylation is 4. The molecule has 1 aliphatic heterocycles. The van der Waals surface area contributed by atoms with E-state index in [1.807, 2.05) is 6.07 Å². The molecular weight excluding hydrogens is 406 g/mol. The molecule has 3 heterocycles. The molecule has 0 saturated heterocycles. The van der Waals surface area contributed by atoms with Crippen molar-refractivity contribution < 1.29 is 14.4 Å². The van der Waals surface area contributed by atoms with Gasteiger partial charge >= 0.3 is 5.97 Å². The molecule has 0 radical (unpaired) electrons. The number of nitrogens with one attached hydrogen (secondary N) is 1. The van der Waals surface area contributed by atoms with Gasteiger partial charge in [-0.1, -0.05) is 23.4 Å². The van der Waals surface area contributed by atoms with E-state index in [1.165, 1.54) is 5.56 Å². The van der Waals surface area contributed by atoms with E-state index < -0.39 is 11.9 Å². The Morgan fingerprint density at radius 2 is 2.00 bits per heavy atom. The highest BCUT2D eigenvalue weighted by Gasteiger charge is 2.21. The Bertz CT molecular complexity index is 1120. The van der Waals surface area contributed by atoms with Gasteiger partial charge in [-0.2, -0.15) is 10.2 Å². The van der Waals surface area contributed by atoms with Crippen LogP contribution in [0.4, 0.5) is 5.82 Å². The number of fused-ring (bicyclic) bond motifs is 1. The zero-order valence-electron chi connectivity index (χ0n) is 17.8. The average molecular weight is 431 g/mol. The van der Waals surface area contributed by atoms with Gasteiger partial charge in [0.2, 0.25) is 5.89 Å². The van der Waals surface area contributed by atoms with Crippen molar-refractivity contribution in [2.45, 2.75) is 50.9 Å². The molecule has 2 N–H and O–H groups in total. The van der Waals surface area contributed by atoms with Crippen LogP contribution in [0.15, 0.2) is 40.9 Å². The fourth-order valence-electron chi connectivity index (χ4n) is 3.92. The lowest BCUT2D eigenvalue weighted by Crippen LogP contribution is -2.14. The van der Waals surface area contributed by atoms with E-state index in [2.05, 4.69) is 27.6 Å². The van der Waals surface area contributed by atoms with Crippen LogP contribution in [0.25, 0.3) is 0 Å². The van der Waals surface area contributed by atoms with Crippen LogP contribution in [0.3, 0.4) is 0 Å². The lowest BCUT2D eigenvalue weighted by atomic mass is 9.93. The lowest BCUT2D eigenvalue weighted by molar-refractivity contribution is -0.139. The quantitative estimate of drug-likeness (QED) is 0.526. The van der Waals surface area contributed by atoms with E-state index >= 15 is 0 Å². The molecule has 2 aromatic heterocycles. The molecular formula is C24H25N5O3. The third kappa shape index (κ3) is 5.30. The molecule has 1 unspecified atom stereocenters. The molecule has 0 bridgehead atoms. The standard InChI is InChI=1S/C24H25N5O3/c25-15-16-6-8-17(9-7-16)20(24(30)31)12-13-22-28-21(29-32-22)5-1-4-19-11-10-18-3-2-14-26-23(18)27-19/h6-11,20H,1-5,12-14H2,(H,26,27)(H,30,31). The highest BCUT2D eigenvalue weighted by atomic mass is 16.5. The zero-order valence-corrected chi connectivity index (χ0v) is 17.8. The molecule has 1 atom stereocenters. The number of rotatable bonds is 9. The average Bonchev–Trinajstić information content (AvgIpc) is 3.27. The highest BCUT2D eigenvalue weighted by Crippen LogP contribution is 2.23. The van der Waals surface area contributed by atoms with E-state index in [0.29, 0.717) is 42.1 Å². The lowest BCUT2D eigenvalue weighted by Gasteiger charge is -2.17. The number of benzene rings is 1. The summed E-state index contributed by atoms with van der Waals surface area (Å²) in [5.74, 6) is 0.464. The number of hydrogen-bond donors (Lipinski definition) is 2. The molecule has 8 nitrogen and oxygen atoms in total. The van der Waals surface area contributed by atoms with Gasteiger partial charge in [-0.3, -0.25) is 4.79 Å². The molecule has 0 aliphatic carbocycles. The van der Waals surface area contributed by atoms with Gasteiger partial charge in [-0.05, 0) is 61.4 Å². The van der Waals surface area contributed by atoms with E-state index in [4.69, 9.17) is 14.8 Å². The molecule has 0 amide bonds. The number of nitriles is 1. The molecule has 164 valence electrons. The molecule has 0 saturated carbocycles. The van der Waals surface area contributed by atoms with Gasteiger partial charge in [-0.15, -0.1) is 0 Å². The second kappa shape index (κ2) is 10.1. The Kier molecular flexibility index (Phi) is 6.75. The maximum atomic E-state index is 11.7. The normalized spacial score (nSPS) is 13.6. The first-order chi connectivity index (χ1) is 15.6. The number of anilines is 1. The van der Waals surface area contributed by atoms with Crippen molar-refractivity contribution in [2.24, 2.45) is 0 Å². The predicted molar refractivity (Wildman–Crippen MR) is 117 cm³/mol. The summed E-state index contributed by atoms with van der Waals surface area (Å²) < 4.78 is 5.32. The fraction of sp³-hybridized carbons (Fsp3) is 0.375. The topological polar surface area (TPSA) is 125 Å². The number of hydrogen-bond acceptors (Lipinski definition) is 7. The van der Waals surface area contributed by atoms with E-state index in [9.17, 15) is 9.90 Å². The second-order valence-corrected chi connectivity index (χ2v) is 7.96. The summed E-state index contributed by atoms with van der Waals surface area (Å²) in [7, 11) is 0. The summed E-state index contributed by atoms with van der Waals surface area (Å²) in [5.41, 5.74) is 3.49. The Balaban J connectivity index is 1.28. The fourth-order valence-corrected chi connectivity index (χ4v) is 3.92. The third-order valence-electron chi connectivity index (χ3n) is 5.68. The Hall–Kier alpha value is -3.73. The van der Waals surface area contributed by atoms with Crippen molar-refractivity contribution in [2.75, 3.05) is 11.9 Å². The monoisotopic (exact) mass is 431 g/mol. The largest absolute Gasteiger partial charge is 0.481 e. The van der Waals surface area contributed by atoms with Gasteiger partial charge in [0, 0.05) is 25.1 Å². The maximum Gasteiger partial charge on any atom is 0.310 e. The number of aliphatic carboxylic acids is 1. The summed E-state index contributed by atoms with van der Waals surface area (Å²) in [5, 5.41) is 25.9. The third-order valence-corrected chi connectivity index (χ3v) is 5.68. The van der Waals surface area contributed by atoms with E-state index in [0.717, 1.165) is 43.7 Å². The molecule has 32 heavy (non-hydrogen) atoms. The highest BCUT2D eigenvalue weighted by molar-refractivity contribution is 5.76. The van der Waals surface area contributed by atoms with E-state index in [1.54, 1.807) is 24.3 Å². The predicted octanol–water partition coefficient (Wildman–Crippen LogP) is 3.67. The summed E-state index contributed by atoms with van der Waals surface area (Å²) >= 11 is 0. The first-order valence-electron chi connectivity index (χ1n) is 10.9. The number of nitrogens with zero attached hydrogens (tertiary/aromatic N) is 4. The molecule has 0 spiro atoms. The first kappa shape index (κ1) is 21.5. The maximum absolute atomic E-state index is 11.7. The van der Waals surface area contributed by atoms with Gasteiger partial charge in [0.1, 0.15) is 5.82 Å². The van der Waals surface area contributed by atoms with Crippen LogP contribution in [-0.4, -0.2) is 32.7 Å². The van der Waals surface area contributed by atoms with Crippen LogP contribution < -0.4 is 5.32 Å². The van der Waals surface area contributed by atoms with Crippen LogP contribution in [0.5, 0.6) is 0 Å². The van der Waals surface area contributed by atoms with Gasteiger partial charge in [0.05, 0.1) is 17.6 Å². The number of carboxylic acids is 1. The number of pyridine rings is 1. The summed E-state index contributed by atoms with van der Waals surface area (Å²) in [6, 6.07) is 12.9. The smallest absolute Gasteiger partial charge is 0.310 e. The van der Waals surface area contributed by atoms with Gasteiger partial charge in [0.15, 0.2) is 5.82 Å². The van der Waals surface area contributed by atoms with Crippen LogP contribution in [0, 0.1) is 11.3 Å². The molecule has 8 heteroatoms. The summed E-state index contributed by atoms with van der Waals surface area (Å²) in [6.07, 6.45) is 5.31. The van der Waals surface area contributed by atoms with Crippen LogP contribution in [-0.2, 0) is 30.5 Å². The Morgan fingerprint density at radius 1 is 1.16 bits per heavy atom. The van der Waals surface area contributed by atoms with Gasteiger partial charge in [-0.25, -0.2) is 4.98 Å². The molecule has 0 fully saturated rings. The van der Waals surface area contributed by atoms with Crippen LogP contribution in [0.2, 0.25) is 0 Å². The van der Waals surface area contributed by atoms with Gasteiger partial charge < -0.3 is 14.9 Å².